The number of nitrogens with zero attached hydrogens (tertiary/aromatic N) is 2. The first-order chi connectivity index (χ1) is 15.7. The summed E-state index contributed by atoms with van der Waals surface area (Å²) in [6.07, 6.45) is 3.25. The van der Waals surface area contributed by atoms with Gasteiger partial charge >= 0.3 is 0 Å². The molecule has 0 spiro atoms. The molecule has 1 aliphatic heterocycles. The third-order valence-corrected chi connectivity index (χ3v) is 6.63. The van der Waals surface area contributed by atoms with Crippen molar-refractivity contribution in [3.05, 3.63) is 87.4 Å². The van der Waals surface area contributed by atoms with Crippen LogP contribution in [0.3, 0.4) is 0 Å². The van der Waals surface area contributed by atoms with Gasteiger partial charge in [-0.15, -0.1) is 11.3 Å². The SMILES string of the molecule is COc1ccc(C(C)(C)C)cc1/C(O)=C1\C(=O)C(=O)N(Cc2cccs2)C1c1cccnc1. The number of aliphatic hydroxyl groups excluding tert-OH is 1. The Labute approximate surface area is 197 Å². The van der Waals surface area contributed by atoms with E-state index in [-0.39, 0.29) is 23.3 Å². The van der Waals surface area contributed by atoms with Gasteiger partial charge in [-0.1, -0.05) is 39.0 Å². The average Bonchev–Trinajstić information content (AvgIpc) is 3.40. The summed E-state index contributed by atoms with van der Waals surface area (Å²) in [6, 6.07) is 12.1. The van der Waals surface area contributed by atoms with E-state index in [4.69, 9.17) is 4.74 Å². The first kappa shape index (κ1) is 22.7. The Morgan fingerprint density at radius 3 is 2.58 bits per heavy atom. The highest BCUT2D eigenvalue weighted by Crippen LogP contribution is 2.42. The van der Waals surface area contributed by atoms with Gasteiger partial charge < -0.3 is 14.7 Å². The number of carbonyl (C=O) groups excluding carboxylic acids is 2. The Morgan fingerprint density at radius 2 is 1.97 bits per heavy atom. The van der Waals surface area contributed by atoms with Crippen LogP contribution in [0, 0.1) is 0 Å². The lowest BCUT2D eigenvalue weighted by atomic mass is 9.85. The zero-order valence-electron chi connectivity index (χ0n) is 19.0. The molecular formula is C26H26N2O4S. The van der Waals surface area contributed by atoms with Crippen molar-refractivity contribution >= 4 is 28.8 Å². The summed E-state index contributed by atoms with van der Waals surface area (Å²) >= 11 is 1.51. The zero-order chi connectivity index (χ0) is 23.8. The van der Waals surface area contributed by atoms with Crippen molar-refractivity contribution in [2.24, 2.45) is 0 Å². The van der Waals surface area contributed by atoms with Crippen LogP contribution in [0.5, 0.6) is 5.75 Å². The Morgan fingerprint density at radius 1 is 1.18 bits per heavy atom. The molecule has 1 unspecified atom stereocenters. The van der Waals surface area contributed by atoms with Crippen LogP contribution in [-0.2, 0) is 21.5 Å². The molecule has 0 saturated carbocycles. The van der Waals surface area contributed by atoms with Crippen molar-refractivity contribution in [2.75, 3.05) is 7.11 Å². The molecule has 6 nitrogen and oxygen atoms in total. The molecule has 1 aliphatic rings. The highest BCUT2D eigenvalue weighted by atomic mass is 32.1. The highest BCUT2D eigenvalue weighted by Gasteiger charge is 2.46. The van der Waals surface area contributed by atoms with Gasteiger partial charge in [0, 0.05) is 17.3 Å². The Hall–Kier alpha value is -3.45. The molecule has 7 heteroatoms. The van der Waals surface area contributed by atoms with Crippen LogP contribution < -0.4 is 4.74 Å². The summed E-state index contributed by atoms with van der Waals surface area (Å²) in [6.45, 7) is 6.45. The molecule has 1 saturated heterocycles. The molecule has 170 valence electrons. The molecule has 3 heterocycles. The van der Waals surface area contributed by atoms with Crippen LogP contribution in [-0.4, -0.2) is 33.8 Å². The first-order valence-electron chi connectivity index (χ1n) is 10.6. The number of aromatic nitrogens is 1. The standard InChI is InChI=1S/C26H26N2O4S/c1-26(2,3)17-9-10-20(32-4)19(13-17)23(29)21-22(16-7-5-11-27-14-16)28(25(31)24(21)30)15-18-8-6-12-33-18/h5-14,22,29H,15H2,1-4H3/b23-21+. The van der Waals surface area contributed by atoms with Gasteiger partial charge in [-0.3, -0.25) is 14.6 Å². The Kier molecular flexibility index (Phi) is 6.08. The summed E-state index contributed by atoms with van der Waals surface area (Å²) in [5.74, 6) is -1.19. The van der Waals surface area contributed by atoms with Crippen molar-refractivity contribution in [3.63, 3.8) is 0 Å². The number of rotatable bonds is 5. The number of pyridine rings is 1. The molecule has 1 atom stereocenters. The third-order valence-electron chi connectivity index (χ3n) is 5.77. The molecule has 0 bridgehead atoms. The molecule has 1 fully saturated rings. The van der Waals surface area contributed by atoms with Crippen molar-refractivity contribution < 1.29 is 19.4 Å². The minimum absolute atomic E-state index is 0.0360. The second-order valence-electron chi connectivity index (χ2n) is 8.96. The van der Waals surface area contributed by atoms with Crippen molar-refractivity contribution in [2.45, 2.75) is 38.8 Å². The monoisotopic (exact) mass is 462 g/mol. The molecule has 4 rings (SSSR count). The number of benzene rings is 1. The smallest absolute Gasteiger partial charge is 0.295 e. The number of carbonyl (C=O) groups is 2. The number of hydrogen-bond donors (Lipinski definition) is 1. The number of thiophene rings is 1. The van der Waals surface area contributed by atoms with Crippen molar-refractivity contribution in [1.82, 2.24) is 9.88 Å². The Balaban J connectivity index is 1.92. The van der Waals surface area contributed by atoms with E-state index in [0.717, 1.165) is 10.4 Å². The van der Waals surface area contributed by atoms with Gasteiger partial charge in [-0.25, -0.2) is 0 Å². The van der Waals surface area contributed by atoms with Crippen LogP contribution >= 0.6 is 11.3 Å². The van der Waals surface area contributed by atoms with E-state index < -0.39 is 17.7 Å². The van der Waals surface area contributed by atoms with E-state index in [1.165, 1.54) is 23.3 Å². The molecular weight excluding hydrogens is 436 g/mol. The molecule has 0 aliphatic carbocycles. The molecule has 2 aromatic heterocycles. The fourth-order valence-corrected chi connectivity index (χ4v) is 4.71. The predicted molar refractivity (Wildman–Crippen MR) is 128 cm³/mol. The second kappa shape index (κ2) is 8.83. The van der Waals surface area contributed by atoms with Crippen LogP contribution in [0.15, 0.2) is 65.8 Å². The number of methoxy groups -OCH3 is 1. The third kappa shape index (κ3) is 4.28. The van der Waals surface area contributed by atoms with E-state index in [2.05, 4.69) is 25.8 Å². The van der Waals surface area contributed by atoms with Gasteiger partial charge in [0.2, 0.25) is 0 Å². The molecule has 1 amide bonds. The lowest BCUT2D eigenvalue weighted by Gasteiger charge is -2.25. The largest absolute Gasteiger partial charge is 0.507 e. The van der Waals surface area contributed by atoms with Gasteiger partial charge in [0.25, 0.3) is 11.7 Å². The van der Waals surface area contributed by atoms with E-state index >= 15 is 0 Å². The fourth-order valence-electron chi connectivity index (χ4n) is 4.00. The second-order valence-corrected chi connectivity index (χ2v) is 9.99. The van der Waals surface area contributed by atoms with E-state index in [9.17, 15) is 14.7 Å². The first-order valence-corrected chi connectivity index (χ1v) is 11.5. The summed E-state index contributed by atoms with van der Waals surface area (Å²) in [4.78, 5) is 33.0. The normalized spacial score (nSPS) is 18.1. The lowest BCUT2D eigenvalue weighted by molar-refractivity contribution is -0.140. The lowest BCUT2D eigenvalue weighted by Crippen LogP contribution is -2.28. The molecule has 1 aromatic carbocycles. The number of amides is 1. The van der Waals surface area contributed by atoms with Crippen LogP contribution in [0.25, 0.3) is 5.76 Å². The quantitative estimate of drug-likeness (QED) is 0.325. The molecule has 3 aromatic rings. The number of hydrogen-bond acceptors (Lipinski definition) is 6. The minimum Gasteiger partial charge on any atom is -0.507 e. The minimum atomic E-state index is -0.760. The van der Waals surface area contributed by atoms with Crippen molar-refractivity contribution in [3.8, 4) is 5.75 Å². The number of Topliss-reactive ketones (excluding diaryl/α,β-unsaturated/α-hetero) is 1. The topological polar surface area (TPSA) is 79.7 Å². The summed E-state index contributed by atoms with van der Waals surface area (Å²) in [5, 5.41) is 13.4. The van der Waals surface area contributed by atoms with E-state index in [1.807, 2.05) is 29.6 Å². The molecule has 0 radical (unpaired) electrons. The maximum Gasteiger partial charge on any atom is 0.295 e. The molecule has 33 heavy (non-hydrogen) atoms. The number of ketones is 1. The van der Waals surface area contributed by atoms with Crippen LogP contribution in [0.2, 0.25) is 0 Å². The summed E-state index contributed by atoms with van der Waals surface area (Å²) < 4.78 is 5.49. The number of likely N-dealkylation sites (tertiary alicyclic amines) is 1. The fraction of sp³-hybridized carbons (Fsp3) is 0.269. The van der Waals surface area contributed by atoms with Gasteiger partial charge in [0.1, 0.15) is 11.5 Å². The van der Waals surface area contributed by atoms with Crippen molar-refractivity contribution in [1.29, 1.82) is 0 Å². The number of aliphatic hydroxyl groups is 1. The maximum atomic E-state index is 13.3. The number of ether oxygens (including phenoxy) is 1. The van der Waals surface area contributed by atoms with E-state index in [0.29, 0.717) is 16.9 Å². The maximum absolute atomic E-state index is 13.3. The zero-order valence-corrected chi connectivity index (χ0v) is 19.8. The van der Waals surface area contributed by atoms with Gasteiger partial charge in [0.15, 0.2) is 0 Å². The Bertz CT molecular complexity index is 1210. The van der Waals surface area contributed by atoms with Crippen LogP contribution in [0.1, 0.15) is 48.4 Å². The van der Waals surface area contributed by atoms with Gasteiger partial charge in [0.05, 0.1) is 30.8 Å². The molecule has 1 N–H and O–H groups in total. The highest BCUT2D eigenvalue weighted by molar-refractivity contribution is 7.09. The summed E-state index contributed by atoms with van der Waals surface area (Å²) in [5.41, 5.74) is 1.85. The van der Waals surface area contributed by atoms with Gasteiger partial charge in [-0.2, -0.15) is 0 Å². The summed E-state index contributed by atoms with van der Waals surface area (Å²) in [7, 11) is 1.51. The predicted octanol–water partition coefficient (Wildman–Crippen LogP) is 5.07. The van der Waals surface area contributed by atoms with E-state index in [1.54, 1.807) is 30.6 Å². The average molecular weight is 463 g/mol. The van der Waals surface area contributed by atoms with Gasteiger partial charge in [-0.05, 0) is 46.2 Å². The van der Waals surface area contributed by atoms with Crippen LogP contribution in [0.4, 0.5) is 0 Å².